The summed E-state index contributed by atoms with van der Waals surface area (Å²) >= 11 is 1.58. The zero-order valence-electron chi connectivity index (χ0n) is 16.2. The Kier molecular flexibility index (Phi) is 6.59. The topological polar surface area (TPSA) is 71.1 Å². The molecule has 0 radical (unpaired) electrons. The van der Waals surface area contributed by atoms with Crippen molar-refractivity contribution in [3.8, 4) is 0 Å². The number of hydrogen-bond acceptors (Lipinski definition) is 5. The third-order valence-corrected chi connectivity index (χ3v) is 5.87. The molecule has 1 aromatic heterocycles. The molecule has 4 rings (SSSR count). The van der Waals surface area contributed by atoms with Crippen molar-refractivity contribution in [3.05, 3.63) is 77.6 Å². The molecule has 1 atom stereocenters. The van der Waals surface area contributed by atoms with Gasteiger partial charge in [-0.2, -0.15) is 5.10 Å². The Balaban J connectivity index is 1.43. The molecule has 1 saturated heterocycles. The Morgan fingerprint density at radius 1 is 1.14 bits per heavy atom. The van der Waals surface area contributed by atoms with Crippen molar-refractivity contribution in [1.29, 1.82) is 0 Å². The third-order valence-electron chi connectivity index (χ3n) is 4.92. The molecule has 29 heavy (non-hydrogen) atoms. The summed E-state index contributed by atoms with van der Waals surface area (Å²) in [4.78, 5) is 19.3. The molecule has 1 aliphatic rings. The highest BCUT2D eigenvalue weighted by Crippen LogP contribution is 2.20. The van der Waals surface area contributed by atoms with Crippen LogP contribution in [0, 0.1) is 0 Å². The van der Waals surface area contributed by atoms with Crippen LogP contribution in [0.1, 0.15) is 34.3 Å². The first kappa shape index (κ1) is 19.7. The molecule has 1 fully saturated rings. The maximum Gasteiger partial charge on any atom is 0.254 e. The summed E-state index contributed by atoms with van der Waals surface area (Å²) in [5, 5.41) is 7.48. The average molecular weight is 409 g/mol. The highest BCUT2D eigenvalue weighted by molar-refractivity contribution is 7.98. The number of H-pyrrole nitrogens is 1. The van der Waals surface area contributed by atoms with E-state index in [0.29, 0.717) is 18.7 Å². The minimum Gasteiger partial charge on any atom is -0.376 e. The van der Waals surface area contributed by atoms with E-state index in [1.807, 2.05) is 47.4 Å². The van der Waals surface area contributed by atoms with Gasteiger partial charge in [-0.1, -0.05) is 54.2 Å². The number of thioether (sulfide) groups is 1. The van der Waals surface area contributed by atoms with Gasteiger partial charge < -0.3 is 9.64 Å². The summed E-state index contributed by atoms with van der Waals surface area (Å²) in [6.45, 7) is 2.00. The van der Waals surface area contributed by atoms with Crippen LogP contribution in [0.4, 0.5) is 0 Å². The van der Waals surface area contributed by atoms with Gasteiger partial charge in [0, 0.05) is 31.0 Å². The average Bonchev–Trinajstić information content (AvgIpc) is 3.47. The number of rotatable bonds is 8. The normalized spacial score (nSPS) is 16.1. The van der Waals surface area contributed by atoms with Gasteiger partial charge in [-0.25, -0.2) is 4.98 Å². The molecule has 1 aliphatic heterocycles. The molecule has 2 heterocycles. The first-order valence-corrected chi connectivity index (χ1v) is 10.8. The first-order chi connectivity index (χ1) is 14.3. The molecule has 7 heteroatoms. The molecule has 6 nitrogen and oxygen atoms in total. The summed E-state index contributed by atoms with van der Waals surface area (Å²) < 4.78 is 5.78. The van der Waals surface area contributed by atoms with Crippen LogP contribution in [0.3, 0.4) is 0 Å². The Bertz CT molecular complexity index is 894. The van der Waals surface area contributed by atoms with Crippen LogP contribution in [-0.4, -0.2) is 45.2 Å². The van der Waals surface area contributed by atoms with Crippen molar-refractivity contribution >= 4 is 17.7 Å². The van der Waals surface area contributed by atoms with Crippen molar-refractivity contribution in [1.82, 2.24) is 20.1 Å². The van der Waals surface area contributed by atoms with Gasteiger partial charge in [0.05, 0.1) is 6.10 Å². The van der Waals surface area contributed by atoms with E-state index in [1.54, 1.807) is 11.8 Å². The lowest BCUT2D eigenvalue weighted by Crippen LogP contribution is -2.37. The van der Waals surface area contributed by atoms with Crippen LogP contribution in [0.25, 0.3) is 0 Å². The predicted octanol–water partition coefficient (Wildman–Crippen LogP) is 3.92. The lowest BCUT2D eigenvalue weighted by atomic mass is 10.1. The van der Waals surface area contributed by atoms with E-state index in [0.717, 1.165) is 41.5 Å². The van der Waals surface area contributed by atoms with E-state index < -0.39 is 0 Å². The van der Waals surface area contributed by atoms with Gasteiger partial charge >= 0.3 is 0 Å². The highest BCUT2D eigenvalue weighted by atomic mass is 32.2. The lowest BCUT2D eigenvalue weighted by molar-refractivity contribution is 0.0507. The number of carbonyl (C=O) groups excluding carboxylic acids is 1. The second-order valence-corrected chi connectivity index (χ2v) is 8.05. The summed E-state index contributed by atoms with van der Waals surface area (Å²) in [7, 11) is 0. The highest BCUT2D eigenvalue weighted by Gasteiger charge is 2.23. The Hall–Kier alpha value is -2.64. The quantitative estimate of drug-likeness (QED) is 0.572. The van der Waals surface area contributed by atoms with Gasteiger partial charge in [0.1, 0.15) is 6.33 Å². The van der Waals surface area contributed by atoms with Crippen LogP contribution in [0.15, 0.2) is 66.1 Å². The third kappa shape index (κ3) is 5.46. The van der Waals surface area contributed by atoms with E-state index in [2.05, 4.69) is 27.3 Å². The van der Waals surface area contributed by atoms with Gasteiger partial charge in [0.2, 0.25) is 0 Å². The molecular weight excluding hydrogens is 384 g/mol. The maximum atomic E-state index is 13.2. The largest absolute Gasteiger partial charge is 0.376 e. The zero-order chi connectivity index (χ0) is 19.9. The molecule has 0 aliphatic carbocycles. The monoisotopic (exact) mass is 408 g/mol. The Labute approximate surface area is 174 Å². The molecule has 150 valence electrons. The summed E-state index contributed by atoms with van der Waals surface area (Å²) in [6, 6.07) is 17.9. The maximum absolute atomic E-state index is 13.2. The van der Waals surface area contributed by atoms with E-state index in [9.17, 15) is 4.79 Å². The number of aromatic nitrogens is 3. The number of ether oxygens (including phenoxy) is 1. The van der Waals surface area contributed by atoms with Crippen molar-refractivity contribution in [2.45, 2.75) is 36.4 Å². The number of nitrogens with one attached hydrogen (secondary N) is 1. The molecule has 1 amide bonds. The van der Waals surface area contributed by atoms with Crippen LogP contribution in [0.5, 0.6) is 0 Å². The number of nitrogens with zero attached hydrogens (tertiary/aromatic N) is 3. The number of aromatic amines is 1. The molecule has 1 unspecified atom stereocenters. The zero-order valence-corrected chi connectivity index (χ0v) is 17.0. The van der Waals surface area contributed by atoms with Gasteiger partial charge in [-0.3, -0.25) is 9.89 Å². The minimum atomic E-state index is 0.0405. The fourth-order valence-electron chi connectivity index (χ4n) is 3.40. The van der Waals surface area contributed by atoms with Crippen LogP contribution >= 0.6 is 11.8 Å². The van der Waals surface area contributed by atoms with Crippen molar-refractivity contribution < 1.29 is 9.53 Å². The van der Waals surface area contributed by atoms with E-state index >= 15 is 0 Å². The Morgan fingerprint density at radius 3 is 2.66 bits per heavy atom. The molecule has 0 spiro atoms. The van der Waals surface area contributed by atoms with E-state index in [4.69, 9.17) is 4.74 Å². The van der Waals surface area contributed by atoms with E-state index in [1.165, 1.54) is 6.33 Å². The standard InChI is InChI=1S/C22H24N4O2S/c27-21(19-10-8-18(9-11-19)15-29-22-23-16-24-25-22)26(14-20-7-4-12-28-20)13-17-5-2-1-3-6-17/h1-3,5-6,8-11,16,20H,4,7,12-15H2,(H,23,24,25). The van der Waals surface area contributed by atoms with Gasteiger partial charge in [-0.05, 0) is 36.1 Å². The SMILES string of the molecule is O=C(c1ccc(CSc2ncn[nH]2)cc1)N(Cc1ccccc1)CC1CCCO1. The molecule has 0 saturated carbocycles. The van der Waals surface area contributed by atoms with Gasteiger partial charge in [-0.15, -0.1) is 0 Å². The number of hydrogen-bond donors (Lipinski definition) is 1. The van der Waals surface area contributed by atoms with Crippen molar-refractivity contribution in [2.24, 2.45) is 0 Å². The van der Waals surface area contributed by atoms with Gasteiger partial charge in [0.15, 0.2) is 5.16 Å². The summed E-state index contributed by atoms with van der Waals surface area (Å²) in [5.41, 5.74) is 2.96. The summed E-state index contributed by atoms with van der Waals surface area (Å²) in [6.07, 6.45) is 3.70. The fraction of sp³-hybridized carbons (Fsp3) is 0.318. The van der Waals surface area contributed by atoms with Crippen molar-refractivity contribution in [3.63, 3.8) is 0 Å². The fourth-order valence-corrected chi connectivity index (χ4v) is 4.13. The second-order valence-electron chi connectivity index (χ2n) is 7.08. The molecular formula is C22H24N4O2S. The first-order valence-electron chi connectivity index (χ1n) is 9.80. The molecule has 0 bridgehead atoms. The minimum absolute atomic E-state index is 0.0405. The molecule has 2 aromatic carbocycles. The van der Waals surface area contributed by atoms with Crippen LogP contribution < -0.4 is 0 Å². The molecule has 3 aromatic rings. The van der Waals surface area contributed by atoms with Gasteiger partial charge in [0.25, 0.3) is 5.91 Å². The number of benzene rings is 2. The smallest absolute Gasteiger partial charge is 0.254 e. The molecule has 1 N–H and O–H groups in total. The second kappa shape index (κ2) is 9.71. The van der Waals surface area contributed by atoms with Crippen LogP contribution in [0.2, 0.25) is 0 Å². The lowest BCUT2D eigenvalue weighted by Gasteiger charge is -2.26. The number of amides is 1. The summed E-state index contributed by atoms with van der Waals surface area (Å²) in [5.74, 6) is 0.812. The predicted molar refractivity (Wildman–Crippen MR) is 113 cm³/mol. The number of carbonyl (C=O) groups is 1. The van der Waals surface area contributed by atoms with Crippen molar-refractivity contribution in [2.75, 3.05) is 13.2 Å². The van der Waals surface area contributed by atoms with Crippen LogP contribution in [-0.2, 0) is 17.0 Å². The van der Waals surface area contributed by atoms with E-state index in [-0.39, 0.29) is 12.0 Å². The Morgan fingerprint density at radius 2 is 1.97 bits per heavy atom.